The third-order valence-corrected chi connectivity index (χ3v) is 1.97. The van der Waals surface area contributed by atoms with Crippen molar-refractivity contribution >= 4 is 5.91 Å². The lowest BCUT2D eigenvalue weighted by atomic mass is 10.4. The maximum atomic E-state index is 11.4. The number of hydrogen-bond acceptors (Lipinski definition) is 5. The smallest absolute Gasteiger partial charge is 0.290 e. The summed E-state index contributed by atoms with van der Waals surface area (Å²) in [5.74, 6) is 0.523. The Kier molecular flexibility index (Phi) is 5.66. The molecular weight excluding hydrogens is 214 g/mol. The Bertz CT molecular complexity index is 264. The van der Waals surface area contributed by atoms with Crippen molar-refractivity contribution in [2.45, 2.75) is 0 Å². The van der Waals surface area contributed by atoms with Crippen LogP contribution >= 0.6 is 0 Å². The van der Waals surface area contributed by atoms with E-state index in [-0.39, 0.29) is 11.7 Å². The number of rotatable bonds is 8. The van der Waals surface area contributed by atoms with Crippen LogP contribution in [0.3, 0.4) is 0 Å². The van der Waals surface area contributed by atoms with Crippen molar-refractivity contribution < 1.29 is 23.7 Å². The van der Waals surface area contributed by atoms with Crippen molar-refractivity contribution in [2.75, 3.05) is 47.2 Å². The number of hydrogen-bond donors (Lipinski definition) is 1. The van der Waals surface area contributed by atoms with E-state index in [0.29, 0.717) is 38.7 Å². The molecule has 0 bridgehead atoms. The highest BCUT2D eigenvalue weighted by atomic mass is 16.6. The molecule has 0 radical (unpaired) electrons. The second-order valence-corrected chi connectivity index (χ2v) is 3.12. The molecule has 0 aromatic heterocycles. The van der Waals surface area contributed by atoms with E-state index in [4.69, 9.17) is 18.9 Å². The summed E-state index contributed by atoms with van der Waals surface area (Å²) in [6, 6.07) is 0. The number of carbonyl (C=O) groups is 1. The molecule has 6 heteroatoms. The summed E-state index contributed by atoms with van der Waals surface area (Å²) in [5.41, 5.74) is 0. The van der Waals surface area contributed by atoms with Gasteiger partial charge in [0, 0.05) is 14.2 Å². The van der Waals surface area contributed by atoms with Crippen LogP contribution in [0.1, 0.15) is 0 Å². The molecule has 0 spiro atoms. The summed E-state index contributed by atoms with van der Waals surface area (Å²) >= 11 is 0. The lowest BCUT2D eigenvalue weighted by molar-refractivity contribution is -0.120. The Morgan fingerprint density at radius 1 is 1.06 bits per heavy atom. The Morgan fingerprint density at radius 2 is 1.69 bits per heavy atom. The summed E-state index contributed by atoms with van der Waals surface area (Å²) in [7, 11) is 3.16. The minimum absolute atomic E-state index is 0.244. The van der Waals surface area contributed by atoms with E-state index in [2.05, 4.69) is 5.32 Å². The molecule has 16 heavy (non-hydrogen) atoms. The van der Waals surface area contributed by atoms with Crippen molar-refractivity contribution in [3.63, 3.8) is 0 Å². The maximum absolute atomic E-state index is 11.4. The predicted octanol–water partition coefficient (Wildman–Crippen LogP) is -0.346. The second-order valence-electron chi connectivity index (χ2n) is 3.12. The van der Waals surface area contributed by atoms with E-state index in [1.54, 1.807) is 14.2 Å². The van der Waals surface area contributed by atoms with Crippen molar-refractivity contribution in [3.05, 3.63) is 11.5 Å². The van der Waals surface area contributed by atoms with Gasteiger partial charge in [0.15, 0.2) is 5.76 Å². The lowest BCUT2D eigenvalue weighted by Crippen LogP contribution is -2.19. The van der Waals surface area contributed by atoms with Gasteiger partial charge in [-0.3, -0.25) is 4.79 Å². The van der Waals surface area contributed by atoms with Crippen molar-refractivity contribution in [2.24, 2.45) is 0 Å². The maximum Gasteiger partial charge on any atom is 0.290 e. The average molecular weight is 231 g/mol. The zero-order chi connectivity index (χ0) is 11.8. The van der Waals surface area contributed by atoms with Gasteiger partial charge in [0.05, 0.1) is 19.8 Å². The molecule has 0 atom stereocenters. The molecule has 1 aliphatic rings. The number of ether oxygens (including phenoxy) is 4. The molecule has 1 aliphatic heterocycles. The third-order valence-electron chi connectivity index (χ3n) is 1.97. The monoisotopic (exact) mass is 231 g/mol. The molecular formula is C10H17NO5. The molecule has 6 nitrogen and oxygen atoms in total. The largest absolute Gasteiger partial charge is 0.490 e. The zero-order valence-corrected chi connectivity index (χ0v) is 9.58. The van der Waals surface area contributed by atoms with E-state index in [1.165, 1.54) is 0 Å². The summed E-state index contributed by atoms with van der Waals surface area (Å²) in [6.07, 6.45) is 0. The Labute approximate surface area is 94.5 Å². The van der Waals surface area contributed by atoms with Gasteiger partial charge in [-0.15, -0.1) is 0 Å². The van der Waals surface area contributed by atoms with Crippen LogP contribution in [-0.4, -0.2) is 53.1 Å². The first-order chi connectivity index (χ1) is 7.79. The van der Waals surface area contributed by atoms with Gasteiger partial charge in [0.1, 0.15) is 13.2 Å². The van der Waals surface area contributed by atoms with Gasteiger partial charge in [-0.2, -0.15) is 0 Å². The van der Waals surface area contributed by atoms with Gasteiger partial charge in [-0.25, -0.2) is 0 Å². The SMILES string of the molecule is COCCOC1=C(OCCOC)C(=O)NC1. The van der Waals surface area contributed by atoms with Gasteiger partial charge in [-0.05, 0) is 0 Å². The van der Waals surface area contributed by atoms with Crippen LogP contribution < -0.4 is 5.32 Å². The molecule has 0 saturated carbocycles. The third kappa shape index (κ3) is 3.71. The highest BCUT2D eigenvalue weighted by molar-refractivity contribution is 5.94. The Balaban J connectivity index is 2.43. The Morgan fingerprint density at radius 3 is 2.31 bits per heavy atom. The topological polar surface area (TPSA) is 66.0 Å². The summed E-state index contributed by atoms with van der Waals surface area (Å²) < 4.78 is 20.3. The van der Waals surface area contributed by atoms with Gasteiger partial charge in [0.2, 0.25) is 5.76 Å². The van der Waals surface area contributed by atoms with Crippen molar-refractivity contribution in [3.8, 4) is 0 Å². The standard InChI is InChI=1S/C10H17NO5/c1-13-3-5-15-8-7-11-10(12)9(8)16-6-4-14-2/h3-7H2,1-2H3,(H,11,12). The first kappa shape index (κ1) is 12.8. The van der Waals surface area contributed by atoms with Crippen LogP contribution in [0, 0.1) is 0 Å². The molecule has 0 aromatic carbocycles. The zero-order valence-electron chi connectivity index (χ0n) is 9.58. The second kappa shape index (κ2) is 7.08. The molecule has 0 saturated heterocycles. The fourth-order valence-electron chi connectivity index (χ4n) is 1.19. The van der Waals surface area contributed by atoms with Crippen LogP contribution in [0.2, 0.25) is 0 Å². The van der Waals surface area contributed by atoms with Crippen LogP contribution in [0.5, 0.6) is 0 Å². The lowest BCUT2D eigenvalue weighted by Gasteiger charge is -2.08. The molecule has 1 N–H and O–H groups in total. The molecule has 0 aliphatic carbocycles. The number of nitrogens with one attached hydrogen (secondary N) is 1. The van der Waals surface area contributed by atoms with E-state index in [0.717, 1.165) is 0 Å². The summed E-state index contributed by atoms with van der Waals surface area (Å²) in [4.78, 5) is 11.4. The van der Waals surface area contributed by atoms with E-state index >= 15 is 0 Å². The van der Waals surface area contributed by atoms with Crippen LogP contribution in [0.25, 0.3) is 0 Å². The van der Waals surface area contributed by atoms with E-state index < -0.39 is 0 Å². The first-order valence-corrected chi connectivity index (χ1v) is 5.04. The highest BCUT2D eigenvalue weighted by Crippen LogP contribution is 2.13. The van der Waals surface area contributed by atoms with Crippen LogP contribution in [-0.2, 0) is 23.7 Å². The molecule has 92 valence electrons. The van der Waals surface area contributed by atoms with Gasteiger partial charge >= 0.3 is 0 Å². The number of amides is 1. The number of methoxy groups -OCH3 is 2. The van der Waals surface area contributed by atoms with E-state index in [9.17, 15) is 4.79 Å². The summed E-state index contributed by atoms with van der Waals surface area (Å²) in [6.45, 7) is 2.00. The van der Waals surface area contributed by atoms with Crippen LogP contribution in [0.4, 0.5) is 0 Å². The van der Waals surface area contributed by atoms with Crippen LogP contribution in [0.15, 0.2) is 11.5 Å². The fraction of sp³-hybridized carbons (Fsp3) is 0.700. The summed E-state index contributed by atoms with van der Waals surface area (Å²) in [5, 5.41) is 2.63. The molecule has 1 amide bonds. The van der Waals surface area contributed by atoms with Gasteiger partial charge < -0.3 is 24.3 Å². The molecule has 0 aromatic rings. The van der Waals surface area contributed by atoms with Gasteiger partial charge in [0.25, 0.3) is 5.91 Å². The molecule has 0 fully saturated rings. The highest BCUT2D eigenvalue weighted by Gasteiger charge is 2.25. The van der Waals surface area contributed by atoms with Crippen molar-refractivity contribution in [1.29, 1.82) is 0 Å². The molecule has 1 heterocycles. The Hall–Kier alpha value is -1.27. The average Bonchev–Trinajstić information content (AvgIpc) is 2.62. The number of carbonyl (C=O) groups excluding carboxylic acids is 1. The molecule has 1 rings (SSSR count). The first-order valence-electron chi connectivity index (χ1n) is 5.04. The minimum atomic E-state index is -0.247. The molecule has 0 unspecified atom stereocenters. The van der Waals surface area contributed by atoms with E-state index in [1.807, 2.05) is 0 Å². The minimum Gasteiger partial charge on any atom is -0.490 e. The van der Waals surface area contributed by atoms with Gasteiger partial charge in [-0.1, -0.05) is 0 Å². The fourth-order valence-corrected chi connectivity index (χ4v) is 1.19. The quantitative estimate of drug-likeness (QED) is 0.579. The van der Waals surface area contributed by atoms with Crippen molar-refractivity contribution in [1.82, 2.24) is 5.32 Å². The predicted molar refractivity (Wildman–Crippen MR) is 55.7 cm³/mol. The normalized spacial score (nSPS) is 15.2.